The number of anilines is 3. The first-order chi connectivity index (χ1) is 20.0. The lowest BCUT2D eigenvalue weighted by molar-refractivity contribution is 0.00974. The number of nitrogens with one attached hydrogen (secondary N) is 1. The van der Waals surface area contributed by atoms with Gasteiger partial charge in [-0.25, -0.2) is 28.5 Å². The number of carbonyl (C=O) groups is 1. The molecule has 2 aliphatic rings. The van der Waals surface area contributed by atoms with Crippen LogP contribution in [0, 0.1) is 18.6 Å². The summed E-state index contributed by atoms with van der Waals surface area (Å²) >= 11 is 0. The number of ether oxygens (including phenoxy) is 3. The molecule has 42 heavy (non-hydrogen) atoms. The number of aromatic nitrogens is 4. The van der Waals surface area contributed by atoms with Crippen molar-refractivity contribution < 1.29 is 27.8 Å². The lowest BCUT2D eigenvalue weighted by Crippen LogP contribution is -2.57. The van der Waals surface area contributed by atoms with E-state index in [0.29, 0.717) is 53.6 Å². The maximum absolute atomic E-state index is 15.2. The molecule has 1 fully saturated rings. The zero-order chi connectivity index (χ0) is 29.6. The zero-order valence-corrected chi connectivity index (χ0v) is 23.5. The summed E-state index contributed by atoms with van der Waals surface area (Å²) < 4.78 is 46.1. The Labute approximate surface area is 240 Å². The molecule has 1 saturated heterocycles. The van der Waals surface area contributed by atoms with Gasteiger partial charge in [0.05, 0.1) is 29.6 Å². The van der Waals surface area contributed by atoms with Gasteiger partial charge in [-0.15, -0.1) is 0 Å². The number of hydrogen-bond acceptors (Lipinski definition) is 10. The van der Waals surface area contributed by atoms with E-state index in [-0.39, 0.29) is 35.9 Å². The van der Waals surface area contributed by atoms with Gasteiger partial charge in [-0.2, -0.15) is 0 Å². The number of carbonyl (C=O) groups excluding carboxylic acids is 1. The monoisotopic (exact) mass is 577 g/mol. The second-order valence-corrected chi connectivity index (χ2v) is 11.1. The van der Waals surface area contributed by atoms with Gasteiger partial charge in [-0.1, -0.05) is 0 Å². The Morgan fingerprint density at radius 3 is 2.74 bits per heavy atom. The summed E-state index contributed by atoms with van der Waals surface area (Å²) in [4.78, 5) is 33.9. The van der Waals surface area contributed by atoms with E-state index in [2.05, 4.69) is 25.2 Å². The second kappa shape index (κ2) is 10.5. The maximum atomic E-state index is 15.2. The van der Waals surface area contributed by atoms with E-state index in [4.69, 9.17) is 19.2 Å². The highest BCUT2D eigenvalue weighted by Gasteiger charge is 2.37. The number of benzene rings is 1. The van der Waals surface area contributed by atoms with E-state index in [1.807, 2.05) is 20.8 Å². The third-order valence-corrected chi connectivity index (χ3v) is 6.82. The van der Waals surface area contributed by atoms with Gasteiger partial charge in [-0.05, 0) is 39.3 Å². The van der Waals surface area contributed by atoms with Crippen molar-refractivity contribution in [2.45, 2.75) is 39.3 Å². The van der Waals surface area contributed by atoms with Crippen molar-refractivity contribution in [3.63, 3.8) is 0 Å². The minimum atomic E-state index is -0.606. The molecule has 218 valence electrons. The molecule has 0 aliphatic carbocycles. The summed E-state index contributed by atoms with van der Waals surface area (Å²) in [5.74, 6) is 0.644. The van der Waals surface area contributed by atoms with Crippen molar-refractivity contribution in [2.75, 3.05) is 36.5 Å². The first-order valence-electron chi connectivity index (χ1n) is 13.4. The highest BCUT2D eigenvalue weighted by atomic mass is 19.1. The smallest absolute Gasteiger partial charge is 0.410 e. The van der Waals surface area contributed by atoms with Gasteiger partial charge in [0.25, 0.3) is 0 Å². The lowest BCUT2D eigenvalue weighted by Gasteiger charge is -2.39. The summed E-state index contributed by atoms with van der Waals surface area (Å²) in [6.45, 7) is 9.01. The van der Waals surface area contributed by atoms with Crippen LogP contribution in [0.15, 0.2) is 43.0 Å². The van der Waals surface area contributed by atoms with E-state index in [0.717, 1.165) is 6.20 Å². The largest absolute Gasteiger partial charge is 0.487 e. The molecule has 0 unspecified atom stereocenters. The fraction of sp³-hybridized carbons (Fsp3) is 0.345. The molecule has 13 heteroatoms. The molecule has 11 nitrogen and oxygen atoms in total. The molecule has 4 aromatic rings. The van der Waals surface area contributed by atoms with Crippen molar-refractivity contribution >= 4 is 34.4 Å². The molecule has 1 N–H and O–H groups in total. The average molecular weight is 578 g/mol. The van der Waals surface area contributed by atoms with Crippen molar-refractivity contribution in [1.82, 2.24) is 24.8 Å². The second-order valence-electron chi connectivity index (χ2n) is 11.1. The molecule has 3 aromatic heterocycles. The molecule has 5 heterocycles. The van der Waals surface area contributed by atoms with Crippen LogP contribution in [0.3, 0.4) is 0 Å². The van der Waals surface area contributed by atoms with Crippen LogP contribution in [-0.2, 0) is 4.74 Å². The van der Waals surface area contributed by atoms with E-state index in [1.165, 1.54) is 24.7 Å². The van der Waals surface area contributed by atoms with Crippen LogP contribution in [0.25, 0.3) is 11.0 Å². The first kappa shape index (κ1) is 27.4. The van der Waals surface area contributed by atoms with Crippen LogP contribution in [0.5, 0.6) is 17.2 Å². The van der Waals surface area contributed by atoms with E-state index < -0.39 is 17.2 Å². The summed E-state index contributed by atoms with van der Waals surface area (Å²) in [5.41, 5.74) is 1.08. The van der Waals surface area contributed by atoms with E-state index in [9.17, 15) is 9.18 Å². The molecular formula is C29H29F2N7O4. The summed E-state index contributed by atoms with van der Waals surface area (Å²) in [5, 5.41) is 3.03. The molecular weight excluding hydrogens is 548 g/mol. The average Bonchev–Trinajstić information content (AvgIpc) is 3.05. The van der Waals surface area contributed by atoms with Crippen LogP contribution in [0.4, 0.5) is 30.9 Å². The quantitative estimate of drug-likeness (QED) is 0.340. The van der Waals surface area contributed by atoms with Crippen LogP contribution < -0.4 is 19.7 Å². The predicted octanol–water partition coefficient (Wildman–Crippen LogP) is 5.36. The zero-order valence-electron chi connectivity index (χ0n) is 23.5. The summed E-state index contributed by atoms with van der Waals surface area (Å²) in [6, 6.07) is 5.49. The van der Waals surface area contributed by atoms with Crippen LogP contribution in [0.1, 0.15) is 26.3 Å². The fourth-order valence-corrected chi connectivity index (χ4v) is 4.89. The molecule has 1 atom stereocenters. The number of hydrogen-bond donors (Lipinski definition) is 1. The third kappa shape index (κ3) is 5.54. The van der Waals surface area contributed by atoms with Crippen LogP contribution >= 0.6 is 0 Å². The van der Waals surface area contributed by atoms with Gasteiger partial charge in [0.2, 0.25) is 0 Å². The minimum Gasteiger partial charge on any atom is -0.487 e. The van der Waals surface area contributed by atoms with Crippen molar-refractivity contribution in [3.8, 4) is 17.2 Å². The molecule has 2 aliphatic heterocycles. The van der Waals surface area contributed by atoms with Crippen LogP contribution in [-0.4, -0.2) is 68.8 Å². The van der Waals surface area contributed by atoms with Gasteiger partial charge < -0.3 is 24.4 Å². The SMILES string of the molecule is Cc1cc(Nc2ncnc3cc4c(nc23)N2CCN(C(=O)OC(C)(C)C)[C@H](CO4)C2)c(F)cc1Oc1cncc(F)c1. The highest BCUT2D eigenvalue weighted by molar-refractivity contribution is 5.90. The van der Waals surface area contributed by atoms with Crippen molar-refractivity contribution in [3.05, 3.63) is 60.2 Å². The number of aryl methyl sites for hydroxylation is 1. The molecule has 1 amide bonds. The number of fused-ring (bicyclic) bond motifs is 5. The Kier molecular flexibility index (Phi) is 6.87. The standard InChI is InChI=1S/C29H29F2N7O4/c1-16-7-21(20(31)9-23(16)41-19-8-17(30)11-32-12-19)35-26-25-22(33-15-34-26)10-24-27(36-25)37-5-6-38(18(13-37)14-40-24)28(39)42-29(2,3)4/h7-12,15,18H,5-6,13-14H2,1-4H3,(H,33,34,35)/t18-/m0/s1. The number of pyridine rings is 2. The van der Waals surface area contributed by atoms with E-state index in [1.54, 1.807) is 24.0 Å². The maximum Gasteiger partial charge on any atom is 0.410 e. The van der Waals surface area contributed by atoms with Crippen molar-refractivity contribution in [1.29, 1.82) is 0 Å². The predicted molar refractivity (Wildman–Crippen MR) is 150 cm³/mol. The van der Waals surface area contributed by atoms with Gasteiger partial charge in [0, 0.05) is 37.8 Å². The Morgan fingerprint density at radius 2 is 1.95 bits per heavy atom. The minimum absolute atomic E-state index is 0.149. The number of piperazine rings is 1. The van der Waals surface area contributed by atoms with Crippen molar-refractivity contribution in [2.24, 2.45) is 0 Å². The molecule has 1 aromatic carbocycles. The molecule has 6 rings (SSSR count). The number of nitrogens with zero attached hydrogens (tertiary/aromatic N) is 6. The number of halogens is 2. The third-order valence-electron chi connectivity index (χ3n) is 6.82. The Balaban J connectivity index is 1.26. The summed E-state index contributed by atoms with van der Waals surface area (Å²) in [7, 11) is 0. The Bertz CT molecular complexity index is 1680. The van der Waals surface area contributed by atoms with Crippen LogP contribution in [0.2, 0.25) is 0 Å². The van der Waals surface area contributed by atoms with Gasteiger partial charge in [0.15, 0.2) is 17.4 Å². The molecule has 0 radical (unpaired) electrons. The molecule has 2 bridgehead atoms. The van der Waals surface area contributed by atoms with Gasteiger partial charge >= 0.3 is 6.09 Å². The molecule has 0 saturated carbocycles. The molecule has 0 spiro atoms. The Hall–Kier alpha value is -4.81. The number of amides is 1. The normalized spacial score (nSPS) is 16.4. The van der Waals surface area contributed by atoms with E-state index >= 15 is 4.39 Å². The first-order valence-corrected chi connectivity index (χ1v) is 13.4. The lowest BCUT2D eigenvalue weighted by atomic mass is 10.1. The van der Waals surface area contributed by atoms with Gasteiger partial charge in [-0.3, -0.25) is 9.88 Å². The summed E-state index contributed by atoms with van der Waals surface area (Å²) in [6.07, 6.45) is 3.38. The fourth-order valence-electron chi connectivity index (χ4n) is 4.89. The highest BCUT2D eigenvalue weighted by Crippen LogP contribution is 2.37. The topological polar surface area (TPSA) is 115 Å². The Morgan fingerprint density at radius 1 is 1.12 bits per heavy atom. The van der Waals surface area contributed by atoms with Gasteiger partial charge in [0.1, 0.15) is 47.2 Å². The number of rotatable bonds is 4.